The van der Waals surface area contributed by atoms with Gasteiger partial charge in [0.1, 0.15) is 0 Å². The molecule has 0 radical (unpaired) electrons. The van der Waals surface area contributed by atoms with Gasteiger partial charge in [-0.2, -0.15) is 0 Å². The molecule has 35 heavy (non-hydrogen) atoms. The number of alkyl halides is 1. The molecule has 2 aliphatic rings. The average molecular weight is 477 g/mol. The van der Waals surface area contributed by atoms with E-state index in [4.69, 9.17) is 0 Å². The smallest absolute Gasteiger partial charge is 0.0894 e. The van der Waals surface area contributed by atoms with Gasteiger partial charge in [0, 0.05) is 0 Å². The van der Waals surface area contributed by atoms with Crippen LogP contribution < -0.4 is 0 Å². The summed E-state index contributed by atoms with van der Waals surface area (Å²) in [6.45, 7) is 2.13. The lowest BCUT2D eigenvalue weighted by molar-refractivity contribution is 0.140. The molecular weight excluding hydrogens is 427 g/mol. The standard InChI is InChI=1S/C34H49F/c1-2-3-6-27-10-18-31(19-11-27)33-22-14-29(15-23-33)8-9-30-16-24-34(25-17-30)32-20-12-28(13-21-32)7-4-5-26-35/h10-11,14-15,18-19,22-23,28,30,32,34H,2-9,12-13,16-17,20-21,24-26H2,1H3. The second kappa shape index (κ2) is 14.2. The van der Waals surface area contributed by atoms with Gasteiger partial charge in [-0.25, -0.2) is 0 Å². The molecule has 0 amide bonds. The van der Waals surface area contributed by atoms with Crippen molar-refractivity contribution in [2.45, 2.75) is 110 Å². The Morgan fingerprint density at radius 1 is 0.571 bits per heavy atom. The molecular formula is C34H49F. The maximum atomic E-state index is 12.4. The minimum absolute atomic E-state index is 0.127. The molecule has 0 N–H and O–H groups in total. The van der Waals surface area contributed by atoms with Crippen LogP contribution in [0.15, 0.2) is 48.5 Å². The van der Waals surface area contributed by atoms with E-state index in [1.54, 1.807) is 0 Å². The Morgan fingerprint density at radius 2 is 1.06 bits per heavy atom. The predicted octanol–water partition coefficient (Wildman–Crippen LogP) is 10.4. The van der Waals surface area contributed by atoms with Crippen molar-refractivity contribution in [3.05, 3.63) is 59.7 Å². The minimum atomic E-state index is -0.127. The highest BCUT2D eigenvalue weighted by Gasteiger charge is 2.30. The van der Waals surface area contributed by atoms with E-state index in [2.05, 4.69) is 55.5 Å². The van der Waals surface area contributed by atoms with Gasteiger partial charge in [-0.15, -0.1) is 0 Å². The Labute approximate surface area is 215 Å². The van der Waals surface area contributed by atoms with E-state index in [1.807, 2.05) is 0 Å². The Kier molecular flexibility index (Phi) is 10.7. The van der Waals surface area contributed by atoms with Crippen LogP contribution in [-0.2, 0) is 12.8 Å². The van der Waals surface area contributed by atoms with E-state index in [1.165, 1.54) is 112 Å². The Balaban J connectivity index is 1.15. The van der Waals surface area contributed by atoms with Crippen molar-refractivity contribution >= 4 is 0 Å². The Morgan fingerprint density at radius 3 is 1.54 bits per heavy atom. The molecule has 2 aliphatic carbocycles. The summed E-state index contributed by atoms with van der Waals surface area (Å²) < 4.78 is 12.4. The van der Waals surface area contributed by atoms with Crippen molar-refractivity contribution in [2.75, 3.05) is 6.67 Å². The molecule has 1 heteroatoms. The fraction of sp³-hybridized carbons (Fsp3) is 0.647. The summed E-state index contributed by atoms with van der Waals surface area (Å²) in [5.74, 6) is 3.80. The van der Waals surface area contributed by atoms with Crippen LogP contribution in [0.2, 0.25) is 0 Å². The summed E-state index contributed by atoms with van der Waals surface area (Å²) in [6.07, 6.45) is 21.0. The minimum Gasteiger partial charge on any atom is -0.251 e. The molecule has 192 valence electrons. The molecule has 0 unspecified atom stereocenters. The van der Waals surface area contributed by atoms with E-state index >= 15 is 0 Å². The van der Waals surface area contributed by atoms with E-state index in [-0.39, 0.29) is 6.67 Å². The molecule has 0 aromatic heterocycles. The third-order valence-electron chi connectivity index (χ3n) is 9.35. The zero-order valence-corrected chi connectivity index (χ0v) is 22.3. The zero-order chi connectivity index (χ0) is 24.3. The fourth-order valence-electron chi connectivity index (χ4n) is 6.90. The van der Waals surface area contributed by atoms with E-state index in [0.29, 0.717) is 0 Å². The highest BCUT2D eigenvalue weighted by atomic mass is 19.1. The topological polar surface area (TPSA) is 0 Å². The summed E-state index contributed by atoms with van der Waals surface area (Å²) in [4.78, 5) is 0. The summed E-state index contributed by atoms with van der Waals surface area (Å²) in [5.41, 5.74) is 5.64. The molecule has 2 aromatic carbocycles. The zero-order valence-electron chi connectivity index (χ0n) is 22.3. The number of hydrogen-bond acceptors (Lipinski definition) is 0. The highest BCUT2D eigenvalue weighted by Crippen LogP contribution is 2.43. The maximum Gasteiger partial charge on any atom is 0.0894 e. The molecule has 0 aliphatic heterocycles. The molecule has 2 fully saturated rings. The van der Waals surface area contributed by atoms with Crippen LogP contribution in [0.1, 0.15) is 108 Å². The van der Waals surface area contributed by atoms with Crippen molar-refractivity contribution in [3.63, 3.8) is 0 Å². The lowest BCUT2D eigenvalue weighted by Crippen LogP contribution is -2.26. The highest BCUT2D eigenvalue weighted by molar-refractivity contribution is 5.64. The number of aryl methyl sites for hydroxylation is 2. The van der Waals surface area contributed by atoms with Gasteiger partial charge < -0.3 is 0 Å². The van der Waals surface area contributed by atoms with Crippen molar-refractivity contribution < 1.29 is 4.39 Å². The van der Waals surface area contributed by atoms with Gasteiger partial charge >= 0.3 is 0 Å². The fourth-order valence-corrected chi connectivity index (χ4v) is 6.90. The van der Waals surface area contributed by atoms with Gasteiger partial charge in [0.2, 0.25) is 0 Å². The van der Waals surface area contributed by atoms with Crippen LogP contribution in [0, 0.1) is 23.7 Å². The molecule has 4 rings (SSSR count). The summed E-state index contributed by atoms with van der Waals surface area (Å²) in [5, 5.41) is 0. The summed E-state index contributed by atoms with van der Waals surface area (Å²) in [7, 11) is 0. The number of unbranched alkanes of at least 4 members (excludes halogenated alkanes) is 2. The van der Waals surface area contributed by atoms with Gasteiger partial charge in [-0.1, -0.05) is 100 Å². The average Bonchev–Trinajstić information content (AvgIpc) is 2.92. The first kappa shape index (κ1) is 26.4. The number of benzene rings is 2. The van der Waals surface area contributed by atoms with E-state index in [0.717, 1.165) is 36.5 Å². The quantitative estimate of drug-likeness (QED) is 0.267. The van der Waals surface area contributed by atoms with Crippen LogP contribution in [0.5, 0.6) is 0 Å². The maximum absolute atomic E-state index is 12.4. The molecule has 0 heterocycles. The van der Waals surface area contributed by atoms with Gasteiger partial charge in [-0.05, 0) is 104 Å². The monoisotopic (exact) mass is 476 g/mol. The summed E-state index contributed by atoms with van der Waals surface area (Å²) >= 11 is 0. The Bertz CT molecular complexity index is 820. The van der Waals surface area contributed by atoms with Gasteiger partial charge in [0.05, 0.1) is 6.67 Å². The first-order valence-corrected chi connectivity index (χ1v) is 15.0. The first-order chi connectivity index (χ1) is 17.2. The second-order valence-electron chi connectivity index (χ2n) is 11.8. The summed E-state index contributed by atoms with van der Waals surface area (Å²) in [6, 6.07) is 18.5. The number of hydrogen-bond donors (Lipinski definition) is 0. The van der Waals surface area contributed by atoms with Crippen LogP contribution in [0.4, 0.5) is 4.39 Å². The lowest BCUT2D eigenvalue weighted by Gasteiger charge is -2.38. The molecule has 2 saturated carbocycles. The SMILES string of the molecule is CCCCc1ccc(-c2ccc(CCC3CCC(C4CCC(CCCCF)CC4)CC3)cc2)cc1. The van der Waals surface area contributed by atoms with Crippen molar-refractivity contribution in [1.29, 1.82) is 0 Å². The molecule has 0 nitrogen and oxygen atoms in total. The lowest BCUT2D eigenvalue weighted by atomic mass is 9.68. The normalized spacial score (nSPS) is 25.0. The number of rotatable bonds is 12. The van der Waals surface area contributed by atoms with E-state index in [9.17, 15) is 4.39 Å². The van der Waals surface area contributed by atoms with Gasteiger partial charge in [0.25, 0.3) is 0 Å². The predicted molar refractivity (Wildman–Crippen MR) is 150 cm³/mol. The molecule has 0 saturated heterocycles. The van der Waals surface area contributed by atoms with Crippen LogP contribution in [-0.4, -0.2) is 6.67 Å². The van der Waals surface area contributed by atoms with Crippen LogP contribution >= 0.6 is 0 Å². The number of halogens is 1. The van der Waals surface area contributed by atoms with Crippen LogP contribution in [0.3, 0.4) is 0 Å². The van der Waals surface area contributed by atoms with Crippen molar-refractivity contribution in [2.24, 2.45) is 23.7 Å². The second-order valence-corrected chi connectivity index (χ2v) is 11.8. The molecule has 0 spiro atoms. The van der Waals surface area contributed by atoms with Crippen LogP contribution in [0.25, 0.3) is 11.1 Å². The third kappa shape index (κ3) is 8.19. The molecule has 0 bridgehead atoms. The van der Waals surface area contributed by atoms with Crippen molar-refractivity contribution in [1.82, 2.24) is 0 Å². The molecule has 2 aromatic rings. The third-order valence-corrected chi connectivity index (χ3v) is 9.35. The first-order valence-electron chi connectivity index (χ1n) is 15.0. The van der Waals surface area contributed by atoms with Crippen molar-refractivity contribution in [3.8, 4) is 11.1 Å². The van der Waals surface area contributed by atoms with Gasteiger partial charge in [0.15, 0.2) is 0 Å². The largest absolute Gasteiger partial charge is 0.251 e. The Hall–Kier alpha value is -1.63. The van der Waals surface area contributed by atoms with E-state index < -0.39 is 0 Å². The van der Waals surface area contributed by atoms with Gasteiger partial charge in [-0.3, -0.25) is 4.39 Å². The molecule has 0 atom stereocenters.